The molecule has 0 spiro atoms. The highest BCUT2D eigenvalue weighted by Gasteiger charge is 2.18. The van der Waals surface area contributed by atoms with E-state index in [9.17, 15) is 0 Å². The molecule has 0 radical (unpaired) electrons. The van der Waals surface area contributed by atoms with Gasteiger partial charge >= 0.3 is 0 Å². The van der Waals surface area contributed by atoms with Gasteiger partial charge in [0.15, 0.2) is 0 Å². The number of ether oxygens (including phenoxy) is 2. The second kappa shape index (κ2) is 10.9. The van der Waals surface area contributed by atoms with Crippen molar-refractivity contribution in [1.29, 1.82) is 0 Å². The van der Waals surface area contributed by atoms with Gasteiger partial charge in [0, 0.05) is 17.7 Å². The maximum atomic E-state index is 5.75. The van der Waals surface area contributed by atoms with E-state index in [0.29, 0.717) is 12.6 Å². The first-order valence-electron chi connectivity index (χ1n) is 10.6. The van der Waals surface area contributed by atoms with Crippen LogP contribution in [0.15, 0.2) is 18.2 Å². The van der Waals surface area contributed by atoms with Crippen LogP contribution in [0.5, 0.6) is 11.5 Å². The van der Waals surface area contributed by atoms with Gasteiger partial charge in [-0.05, 0) is 44.2 Å². The number of hydrogen-bond donors (Lipinski definition) is 1. The number of aromatic nitrogens is 2. The van der Waals surface area contributed by atoms with Crippen molar-refractivity contribution in [2.75, 3.05) is 19.0 Å². The van der Waals surface area contributed by atoms with Gasteiger partial charge in [-0.2, -0.15) is 0 Å². The van der Waals surface area contributed by atoms with Crippen molar-refractivity contribution < 1.29 is 9.47 Å². The molecule has 1 aromatic carbocycles. The van der Waals surface area contributed by atoms with Crippen LogP contribution < -0.4 is 14.8 Å². The van der Waals surface area contributed by atoms with Crippen molar-refractivity contribution in [3.05, 3.63) is 29.6 Å². The molecule has 0 aliphatic carbocycles. The van der Waals surface area contributed by atoms with Crippen molar-refractivity contribution in [2.45, 2.75) is 72.8 Å². The lowest BCUT2D eigenvalue weighted by Gasteiger charge is -2.20. The van der Waals surface area contributed by atoms with E-state index in [0.717, 1.165) is 72.1 Å². The van der Waals surface area contributed by atoms with Crippen molar-refractivity contribution >= 4 is 5.82 Å². The van der Waals surface area contributed by atoms with Gasteiger partial charge < -0.3 is 14.8 Å². The highest BCUT2D eigenvalue weighted by molar-refractivity contribution is 5.71. The van der Waals surface area contributed by atoms with Crippen LogP contribution in [-0.4, -0.2) is 29.7 Å². The van der Waals surface area contributed by atoms with E-state index in [-0.39, 0.29) is 0 Å². The summed E-state index contributed by atoms with van der Waals surface area (Å²) in [6, 6.07) is 6.37. The molecule has 2 rings (SSSR count). The largest absolute Gasteiger partial charge is 0.496 e. The smallest absolute Gasteiger partial charge is 0.148 e. The summed E-state index contributed by atoms with van der Waals surface area (Å²) in [4.78, 5) is 9.97. The number of methoxy groups -OCH3 is 1. The Morgan fingerprint density at radius 3 is 2.25 bits per heavy atom. The van der Waals surface area contributed by atoms with Gasteiger partial charge in [0.2, 0.25) is 0 Å². The zero-order valence-corrected chi connectivity index (χ0v) is 18.3. The van der Waals surface area contributed by atoms with Gasteiger partial charge in [-0.3, -0.25) is 0 Å². The van der Waals surface area contributed by atoms with Crippen LogP contribution in [-0.2, 0) is 12.8 Å². The van der Waals surface area contributed by atoms with E-state index in [1.54, 1.807) is 7.11 Å². The van der Waals surface area contributed by atoms with Crippen molar-refractivity contribution in [3.8, 4) is 22.8 Å². The van der Waals surface area contributed by atoms with E-state index in [1.807, 2.05) is 18.2 Å². The first-order valence-corrected chi connectivity index (χ1v) is 10.6. The number of nitrogens with zero attached hydrogens (tertiary/aromatic N) is 2. The third-order valence-electron chi connectivity index (χ3n) is 4.94. The van der Waals surface area contributed by atoms with Crippen LogP contribution in [0.3, 0.4) is 0 Å². The molecule has 28 heavy (non-hydrogen) atoms. The average molecular weight is 386 g/mol. The summed E-state index contributed by atoms with van der Waals surface area (Å²) < 4.78 is 11.4. The van der Waals surface area contributed by atoms with E-state index in [1.165, 1.54) is 0 Å². The maximum absolute atomic E-state index is 5.75. The fourth-order valence-electron chi connectivity index (χ4n) is 3.19. The SMILES string of the molecule is CCCOc1ccc(-c2nc(CC)c(NC(CC)CC)nc2CC)c(OC)c1. The Bertz CT molecular complexity index is 758. The van der Waals surface area contributed by atoms with Gasteiger partial charge in [0.05, 0.1) is 30.8 Å². The van der Waals surface area contributed by atoms with Gasteiger partial charge in [-0.1, -0.05) is 34.6 Å². The lowest BCUT2D eigenvalue weighted by Crippen LogP contribution is -2.20. The Balaban J connectivity index is 2.50. The second-order valence-electron chi connectivity index (χ2n) is 6.89. The average Bonchev–Trinajstić information content (AvgIpc) is 2.75. The molecule has 0 aliphatic heterocycles. The van der Waals surface area contributed by atoms with Crippen molar-refractivity contribution in [1.82, 2.24) is 9.97 Å². The first-order chi connectivity index (χ1) is 13.6. The molecule has 0 amide bonds. The Morgan fingerprint density at radius 2 is 1.68 bits per heavy atom. The molecule has 1 N–H and O–H groups in total. The summed E-state index contributed by atoms with van der Waals surface area (Å²) in [6.45, 7) is 11.4. The zero-order valence-electron chi connectivity index (χ0n) is 18.3. The predicted octanol–water partition coefficient (Wildman–Crippen LogP) is 5.67. The minimum atomic E-state index is 0.416. The van der Waals surface area contributed by atoms with Crippen LogP contribution in [0.2, 0.25) is 0 Å². The van der Waals surface area contributed by atoms with Crippen LogP contribution in [0, 0.1) is 0 Å². The van der Waals surface area contributed by atoms with Crippen LogP contribution in [0.4, 0.5) is 5.82 Å². The lowest BCUT2D eigenvalue weighted by molar-refractivity contribution is 0.315. The standard InChI is InChI=1S/C23H35N3O2/c1-7-14-28-17-12-13-18(21(15-17)27-6)22-19(10-4)26-23(20(11-5)25-22)24-16(8-2)9-3/h12-13,15-16H,7-11,14H2,1-6H3,(H,24,26). The van der Waals surface area contributed by atoms with Crippen LogP contribution >= 0.6 is 0 Å². The Kier molecular flexibility index (Phi) is 8.55. The number of anilines is 1. The summed E-state index contributed by atoms with van der Waals surface area (Å²) in [6.07, 6.45) is 4.74. The lowest BCUT2D eigenvalue weighted by atomic mass is 10.1. The van der Waals surface area contributed by atoms with Crippen LogP contribution in [0.1, 0.15) is 65.3 Å². The fraction of sp³-hybridized carbons (Fsp3) is 0.565. The van der Waals surface area contributed by atoms with E-state index < -0.39 is 0 Å². The van der Waals surface area contributed by atoms with Gasteiger partial charge in [0.1, 0.15) is 17.3 Å². The van der Waals surface area contributed by atoms with E-state index >= 15 is 0 Å². The number of nitrogens with one attached hydrogen (secondary N) is 1. The molecule has 1 aromatic heterocycles. The fourth-order valence-corrected chi connectivity index (χ4v) is 3.19. The molecule has 0 saturated heterocycles. The minimum absolute atomic E-state index is 0.416. The normalized spacial score (nSPS) is 11.0. The molecular weight excluding hydrogens is 350 g/mol. The molecule has 5 nitrogen and oxygen atoms in total. The van der Waals surface area contributed by atoms with E-state index in [2.05, 4.69) is 39.9 Å². The Hall–Kier alpha value is -2.30. The molecule has 154 valence electrons. The number of benzene rings is 1. The number of hydrogen-bond acceptors (Lipinski definition) is 5. The van der Waals surface area contributed by atoms with Gasteiger partial charge in [-0.25, -0.2) is 9.97 Å². The molecule has 0 aliphatic rings. The molecule has 0 unspecified atom stereocenters. The number of aryl methyl sites for hydroxylation is 2. The minimum Gasteiger partial charge on any atom is -0.496 e. The third kappa shape index (κ3) is 5.15. The Morgan fingerprint density at radius 1 is 0.964 bits per heavy atom. The molecule has 1 heterocycles. The number of rotatable bonds is 11. The van der Waals surface area contributed by atoms with Crippen molar-refractivity contribution in [2.24, 2.45) is 0 Å². The highest BCUT2D eigenvalue weighted by Crippen LogP contribution is 2.35. The van der Waals surface area contributed by atoms with Gasteiger partial charge in [-0.15, -0.1) is 0 Å². The first kappa shape index (κ1) is 22.0. The second-order valence-corrected chi connectivity index (χ2v) is 6.89. The third-order valence-corrected chi connectivity index (χ3v) is 4.94. The molecule has 0 saturated carbocycles. The van der Waals surface area contributed by atoms with Crippen LogP contribution in [0.25, 0.3) is 11.3 Å². The predicted molar refractivity (Wildman–Crippen MR) is 117 cm³/mol. The summed E-state index contributed by atoms with van der Waals surface area (Å²) in [5.41, 5.74) is 3.83. The Labute approximate surface area is 169 Å². The molecule has 0 bridgehead atoms. The summed E-state index contributed by atoms with van der Waals surface area (Å²) >= 11 is 0. The molecule has 2 aromatic rings. The monoisotopic (exact) mass is 385 g/mol. The molecule has 0 fully saturated rings. The van der Waals surface area contributed by atoms with E-state index in [4.69, 9.17) is 19.4 Å². The summed E-state index contributed by atoms with van der Waals surface area (Å²) in [7, 11) is 1.69. The quantitative estimate of drug-likeness (QED) is 0.540. The zero-order chi connectivity index (χ0) is 20.5. The van der Waals surface area contributed by atoms with Gasteiger partial charge in [0.25, 0.3) is 0 Å². The van der Waals surface area contributed by atoms with Crippen molar-refractivity contribution in [3.63, 3.8) is 0 Å². The maximum Gasteiger partial charge on any atom is 0.148 e. The molecular formula is C23H35N3O2. The summed E-state index contributed by atoms with van der Waals surface area (Å²) in [5, 5.41) is 3.59. The molecule has 5 heteroatoms. The highest BCUT2D eigenvalue weighted by atomic mass is 16.5. The molecule has 0 atom stereocenters. The summed E-state index contributed by atoms with van der Waals surface area (Å²) in [5.74, 6) is 2.50. The topological polar surface area (TPSA) is 56.3 Å².